The standard InChI is InChI=1S/C25H32N4O6S/c1-25(2,3)35-24(30)28-11-17-13-33-14-18(12-28)23(17)34-22-10-21(26-15-27-22)29-8-7-16-9-19(36(4,31)32)5-6-20(16)29/h5,7-10,15,17-18,20,23H,6,11-14H2,1-4H3. The minimum Gasteiger partial charge on any atom is -0.473 e. The monoisotopic (exact) mass is 516 g/mol. The van der Waals surface area contributed by atoms with Crippen LogP contribution in [-0.4, -0.2) is 79.7 Å². The van der Waals surface area contributed by atoms with Crippen LogP contribution in [0, 0.1) is 11.8 Å². The molecule has 0 aromatic carbocycles. The van der Waals surface area contributed by atoms with Gasteiger partial charge in [0.15, 0.2) is 9.84 Å². The Hall–Kier alpha value is -2.92. The van der Waals surface area contributed by atoms with Crippen molar-refractivity contribution in [1.82, 2.24) is 14.9 Å². The molecule has 2 bridgehead atoms. The van der Waals surface area contributed by atoms with E-state index in [-0.39, 0.29) is 30.1 Å². The Labute approximate surface area is 211 Å². The number of amides is 1. The van der Waals surface area contributed by atoms with Crippen LogP contribution in [0.2, 0.25) is 0 Å². The van der Waals surface area contributed by atoms with Gasteiger partial charge in [0.25, 0.3) is 0 Å². The number of aromatic nitrogens is 2. The van der Waals surface area contributed by atoms with Crippen LogP contribution in [0.4, 0.5) is 10.6 Å². The molecule has 36 heavy (non-hydrogen) atoms. The lowest BCUT2D eigenvalue weighted by Crippen LogP contribution is -2.59. The predicted molar refractivity (Wildman–Crippen MR) is 133 cm³/mol. The summed E-state index contributed by atoms with van der Waals surface area (Å²) < 4.78 is 41.6. The second-order valence-electron chi connectivity index (χ2n) is 10.7. The molecule has 194 valence electrons. The lowest BCUT2D eigenvalue weighted by molar-refractivity contribution is -0.113. The zero-order valence-electron chi connectivity index (χ0n) is 21.0. The van der Waals surface area contributed by atoms with E-state index in [1.54, 1.807) is 23.1 Å². The van der Waals surface area contributed by atoms with Crippen LogP contribution in [0.5, 0.6) is 5.88 Å². The number of carbonyl (C=O) groups is 1. The summed E-state index contributed by atoms with van der Waals surface area (Å²) in [6, 6.07) is 1.78. The lowest BCUT2D eigenvalue weighted by atomic mass is 9.84. The number of sulfone groups is 1. The average molecular weight is 517 g/mol. The van der Waals surface area contributed by atoms with E-state index in [0.717, 1.165) is 5.57 Å². The van der Waals surface area contributed by atoms with E-state index >= 15 is 0 Å². The molecule has 11 heteroatoms. The lowest BCUT2D eigenvalue weighted by Gasteiger charge is -2.46. The number of allylic oxidation sites excluding steroid dienone is 1. The molecule has 1 aromatic rings. The van der Waals surface area contributed by atoms with Crippen molar-refractivity contribution >= 4 is 21.7 Å². The Morgan fingerprint density at radius 2 is 1.89 bits per heavy atom. The molecule has 0 spiro atoms. The van der Waals surface area contributed by atoms with Gasteiger partial charge in [-0.15, -0.1) is 0 Å². The van der Waals surface area contributed by atoms with Crippen LogP contribution in [-0.2, 0) is 19.3 Å². The van der Waals surface area contributed by atoms with Crippen LogP contribution in [0.3, 0.4) is 0 Å². The highest BCUT2D eigenvalue weighted by atomic mass is 32.2. The van der Waals surface area contributed by atoms with E-state index < -0.39 is 15.4 Å². The summed E-state index contributed by atoms with van der Waals surface area (Å²) in [5, 5.41) is 0. The highest BCUT2D eigenvalue weighted by Crippen LogP contribution is 2.36. The fourth-order valence-corrected chi connectivity index (χ4v) is 5.87. The van der Waals surface area contributed by atoms with Crippen LogP contribution in [0.15, 0.2) is 47.3 Å². The Kier molecular flexibility index (Phi) is 6.32. The SMILES string of the molecule is CC(C)(C)OC(=O)N1CC2COCC(C1)C2Oc1cc(N2C=CC3=CC(S(C)(=O)=O)=CCC32)ncn1. The molecule has 3 atom stereocenters. The van der Waals surface area contributed by atoms with Gasteiger partial charge in [-0.1, -0.05) is 6.08 Å². The minimum atomic E-state index is -3.25. The molecular weight excluding hydrogens is 484 g/mol. The molecule has 5 rings (SSSR count). The van der Waals surface area contributed by atoms with Crippen molar-refractivity contribution in [1.29, 1.82) is 0 Å². The summed E-state index contributed by atoms with van der Waals surface area (Å²) >= 11 is 0. The molecule has 1 amide bonds. The van der Waals surface area contributed by atoms with Gasteiger partial charge in [-0.05, 0) is 44.9 Å². The molecule has 0 radical (unpaired) electrons. The minimum absolute atomic E-state index is 0.00236. The van der Waals surface area contributed by atoms with Gasteiger partial charge in [-0.3, -0.25) is 0 Å². The maximum Gasteiger partial charge on any atom is 0.410 e. The van der Waals surface area contributed by atoms with Gasteiger partial charge in [0, 0.05) is 43.4 Å². The second-order valence-corrected chi connectivity index (χ2v) is 12.8. The highest BCUT2D eigenvalue weighted by Gasteiger charge is 2.44. The van der Waals surface area contributed by atoms with E-state index in [0.29, 0.717) is 49.3 Å². The average Bonchev–Trinajstić information content (AvgIpc) is 3.21. The molecule has 3 unspecified atom stereocenters. The molecule has 0 saturated carbocycles. The van der Waals surface area contributed by atoms with Crippen molar-refractivity contribution in [2.24, 2.45) is 11.8 Å². The Morgan fingerprint density at radius 3 is 2.56 bits per heavy atom. The fourth-order valence-electron chi connectivity index (χ4n) is 5.12. The van der Waals surface area contributed by atoms with Gasteiger partial charge < -0.3 is 24.0 Å². The summed E-state index contributed by atoms with van der Waals surface area (Å²) in [4.78, 5) is 25.5. The first kappa shape index (κ1) is 24.8. The number of nitrogens with zero attached hydrogens (tertiary/aromatic N) is 4. The summed E-state index contributed by atoms with van der Waals surface area (Å²) in [6.07, 6.45) is 10.1. The predicted octanol–water partition coefficient (Wildman–Crippen LogP) is 2.70. The third-order valence-electron chi connectivity index (χ3n) is 6.73. The van der Waals surface area contributed by atoms with E-state index in [9.17, 15) is 13.2 Å². The van der Waals surface area contributed by atoms with Gasteiger partial charge in [0.05, 0.1) is 24.2 Å². The van der Waals surface area contributed by atoms with Gasteiger partial charge in [-0.2, -0.15) is 0 Å². The van der Waals surface area contributed by atoms with Gasteiger partial charge in [-0.25, -0.2) is 23.2 Å². The number of hydrogen-bond donors (Lipinski definition) is 0. The quantitative estimate of drug-likeness (QED) is 0.596. The van der Waals surface area contributed by atoms with Gasteiger partial charge >= 0.3 is 6.09 Å². The molecule has 4 aliphatic rings. The molecule has 4 heterocycles. The summed E-state index contributed by atoms with van der Waals surface area (Å²) in [5.74, 6) is 1.14. The third-order valence-corrected chi connectivity index (χ3v) is 7.87. The second kappa shape index (κ2) is 9.19. The topological polar surface area (TPSA) is 111 Å². The van der Waals surface area contributed by atoms with Crippen LogP contribution < -0.4 is 9.64 Å². The summed E-state index contributed by atoms with van der Waals surface area (Å²) in [5.41, 5.74) is 0.382. The highest BCUT2D eigenvalue weighted by molar-refractivity contribution is 7.94. The third kappa shape index (κ3) is 5.12. The Morgan fingerprint density at radius 1 is 1.17 bits per heavy atom. The first-order valence-corrected chi connectivity index (χ1v) is 14.0. The zero-order valence-corrected chi connectivity index (χ0v) is 21.8. The van der Waals surface area contributed by atoms with Gasteiger partial charge in [0.1, 0.15) is 23.9 Å². The van der Waals surface area contributed by atoms with Crippen LogP contribution >= 0.6 is 0 Å². The molecule has 2 fully saturated rings. The van der Waals surface area contributed by atoms with E-state index in [2.05, 4.69) is 9.97 Å². The van der Waals surface area contributed by atoms with Crippen molar-refractivity contribution in [2.75, 3.05) is 37.5 Å². The largest absolute Gasteiger partial charge is 0.473 e. The molecule has 1 aliphatic carbocycles. The number of rotatable bonds is 4. The van der Waals surface area contributed by atoms with E-state index in [1.807, 2.05) is 37.9 Å². The number of hydrogen-bond acceptors (Lipinski definition) is 9. The molecule has 2 saturated heterocycles. The maximum absolute atomic E-state index is 12.6. The maximum atomic E-state index is 12.6. The number of ether oxygens (including phenoxy) is 3. The molecule has 1 aromatic heterocycles. The number of likely N-dealkylation sites (tertiary alicyclic amines) is 1. The van der Waals surface area contributed by atoms with Crippen molar-refractivity contribution in [3.8, 4) is 5.88 Å². The summed E-state index contributed by atoms with van der Waals surface area (Å²) in [6.45, 7) is 7.57. The van der Waals surface area contributed by atoms with Gasteiger partial charge in [0.2, 0.25) is 5.88 Å². The first-order valence-electron chi connectivity index (χ1n) is 12.1. The Bertz CT molecular complexity index is 1220. The van der Waals surface area contributed by atoms with Crippen molar-refractivity contribution in [2.45, 2.75) is 44.9 Å². The molecular formula is C25H32N4O6S. The number of anilines is 1. The first-order chi connectivity index (χ1) is 17.0. The molecule has 0 N–H and O–H groups in total. The Balaban J connectivity index is 1.28. The van der Waals surface area contributed by atoms with Crippen LogP contribution in [0.1, 0.15) is 27.2 Å². The van der Waals surface area contributed by atoms with E-state index in [4.69, 9.17) is 14.2 Å². The van der Waals surface area contributed by atoms with E-state index in [1.165, 1.54) is 12.6 Å². The number of fused-ring (bicyclic) bond motifs is 3. The van der Waals surface area contributed by atoms with Crippen molar-refractivity contribution in [3.63, 3.8) is 0 Å². The van der Waals surface area contributed by atoms with Crippen LogP contribution in [0.25, 0.3) is 0 Å². The molecule has 3 aliphatic heterocycles. The van der Waals surface area contributed by atoms with Crippen molar-refractivity contribution in [3.05, 3.63) is 47.3 Å². The smallest absolute Gasteiger partial charge is 0.410 e. The zero-order chi connectivity index (χ0) is 25.7. The number of piperidine rings is 1. The molecule has 10 nitrogen and oxygen atoms in total. The summed E-state index contributed by atoms with van der Waals surface area (Å²) in [7, 11) is -3.25. The fraction of sp³-hybridized carbons (Fsp3) is 0.560. The van der Waals surface area contributed by atoms with Crippen molar-refractivity contribution < 1.29 is 27.4 Å². The number of carbonyl (C=O) groups excluding carboxylic acids is 1. The normalized spacial score (nSPS) is 27.8.